The van der Waals surface area contributed by atoms with Gasteiger partial charge in [-0.1, -0.05) is 249 Å². The molecule has 0 aliphatic heterocycles. The van der Waals surface area contributed by atoms with Gasteiger partial charge in [-0.25, -0.2) is 9.97 Å². The molecule has 20 rings (SSSR count). The SMILES string of the molecule is c1ccc(-c2nc(-c3ccc(-c4ccc(-n5c6ccccc6c6ccc(-c7ccc8c(c7)c7ccccc7n8-c7ccccc7)cc65)cc4)cc3)cc(-c3ccc(-c4ccc(-n5c6ccccc6c6ccc(-c7ccc8c(c7)c7ccccc7n8-c7ccccc7)cc65)cc4)cc3)n2)cc1. The fraction of sp³-hybridized carbons (Fsp3) is 0. The fourth-order valence-corrected chi connectivity index (χ4v) is 15.6. The normalized spacial score (nSPS) is 11.8. The lowest BCUT2D eigenvalue weighted by atomic mass is 10.00. The largest absolute Gasteiger partial charge is 0.309 e. The first-order valence-corrected chi connectivity index (χ1v) is 34.2. The summed E-state index contributed by atoms with van der Waals surface area (Å²) in [5, 5.41) is 9.88. The number of hydrogen-bond acceptors (Lipinski definition) is 2. The van der Waals surface area contributed by atoms with Crippen molar-refractivity contribution in [2.75, 3.05) is 0 Å². The highest BCUT2D eigenvalue weighted by Crippen LogP contribution is 2.42. The number of aromatic nitrogens is 6. The molecule has 0 atom stereocenters. The first-order valence-electron chi connectivity index (χ1n) is 34.2. The zero-order valence-corrected chi connectivity index (χ0v) is 54.3. The molecule has 0 bridgehead atoms. The van der Waals surface area contributed by atoms with Crippen molar-refractivity contribution in [1.82, 2.24) is 28.2 Å². The molecule has 5 aromatic heterocycles. The summed E-state index contributed by atoms with van der Waals surface area (Å²) in [4.78, 5) is 10.4. The van der Waals surface area contributed by atoms with Crippen LogP contribution in [0.2, 0.25) is 0 Å². The van der Waals surface area contributed by atoms with E-state index in [1.165, 1.54) is 109 Å². The monoisotopic (exact) mass is 1270 g/mol. The summed E-state index contributed by atoms with van der Waals surface area (Å²) >= 11 is 0. The first kappa shape index (κ1) is 56.9. The molecule has 100 heavy (non-hydrogen) atoms. The number of hydrogen-bond donors (Lipinski definition) is 0. The molecule has 0 fully saturated rings. The second-order valence-corrected chi connectivity index (χ2v) is 26.1. The van der Waals surface area contributed by atoms with Crippen LogP contribution in [0.1, 0.15) is 0 Å². The molecule has 0 radical (unpaired) electrons. The van der Waals surface area contributed by atoms with E-state index in [1.54, 1.807) is 0 Å². The zero-order chi connectivity index (χ0) is 65.8. The third kappa shape index (κ3) is 9.41. The van der Waals surface area contributed by atoms with Crippen molar-refractivity contribution in [2.45, 2.75) is 0 Å². The van der Waals surface area contributed by atoms with Gasteiger partial charge < -0.3 is 18.3 Å². The Labute approximate surface area is 577 Å². The topological polar surface area (TPSA) is 45.5 Å². The van der Waals surface area contributed by atoms with Crippen LogP contribution in [0.25, 0.3) is 188 Å². The predicted molar refractivity (Wildman–Crippen MR) is 417 cm³/mol. The Morgan fingerprint density at radius 2 is 0.410 bits per heavy atom. The Balaban J connectivity index is 0.586. The Morgan fingerprint density at radius 1 is 0.150 bits per heavy atom. The smallest absolute Gasteiger partial charge is 0.160 e. The quantitative estimate of drug-likeness (QED) is 0.130. The molecule has 0 aliphatic carbocycles. The van der Waals surface area contributed by atoms with Crippen LogP contribution in [-0.2, 0) is 0 Å². The maximum atomic E-state index is 5.22. The van der Waals surface area contributed by atoms with Crippen LogP contribution in [0.5, 0.6) is 0 Å². The molecule has 0 aliphatic rings. The summed E-state index contributed by atoms with van der Waals surface area (Å²) < 4.78 is 9.58. The molecule has 5 heterocycles. The maximum Gasteiger partial charge on any atom is 0.160 e. The van der Waals surface area contributed by atoms with E-state index in [9.17, 15) is 0 Å². The molecule has 0 saturated heterocycles. The average Bonchev–Trinajstić information content (AvgIpc) is 1.61. The van der Waals surface area contributed by atoms with Gasteiger partial charge in [-0.05, 0) is 160 Å². The van der Waals surface area contributed by atoms with Crippen molar-refractivity contribution in [3.8, 4) is 101 Å². The van der Waals surface area contributed by atoms with E-state index in [0.29, 0.717) is 5.82 Å². The Morgan fingerprint density at radius 3 is 0.800 bits per heavy atom. The Kier molecular flexibility index (Phi) is 13.2. The van der Waals surface area contributed by atoms with E-state index in [4.69, 9.17) is 9.97 Å². The van der Waals surface area contributed by atoms with Gasteiger partial charge in [0.05, 0.1) is 55.5 Å². The number of para-hydroxylation sites is 6. The van der Waals surface area contributed by atoms with E-state index < -0.39 is 0 Å². The zero-order valence-electron chi connectivity index (χ0n) is 54.3. The number of rotatable bonds is 11. The van der Waals surface area contributed by atoms with Crippen LogP contribution in [0.4, 0.5) is 0 Å². The minimum absolute atomic E-state index is 0.684. The molecule has 20 aromatic rings. The van der Waals surface area contributed by atoms with Crippen molar-refractivity contribution in [2.24, 2.45) is 0 Å². The van der Waals surface area contributed by atoms with Crippen molar-refractivity contribution >= 4 is 87.2 Å². The molecule has 466 valence electrons. The summed E-state index contributed by atoms with van der Waals surface area (Å²) in [7, 11) is 0. The molecular formula is C94H60N6. The predicted octanol–water partition coefficient (Wildman–Crippen LogP) is 24.5. The number of nitrogens with zero attached hydrogens (tertiary/aromatic N) is 6. The Hall–Kier alpha value is -13.4. The summed E-state index contributed by atoms with van der Waals surface area (Å²) in [6, 6.07) is 132. The van der Waals surface area contributed by atoms with Gasteiger partial charge in [-0.15, -0.1) is 0 Å². The van der Waals surface area contributed by atoms with Crippen LogP contribution < -0.4 is 0 Å². The van der Waals surface area contributed by atoms with Gasteiger partial charge in [0, 0.05) is 82.5 Å². The van der Waals surface area contributed by atoms with Crippen LogP contribution in [0.15, 0.2) is 364 Å². The van der Waals surface area contributed by atoms with Crippen molar-refractivity contribution in [3.05, 3.63) is 364 Å². The third-order valence-corrected chi connectivity index (χ3v) is 20.4. The second-order valence-electron chi connectivity index (χ2n) is 26.1. The molecule has 0 spiro atoms. The van der Waals surface area contributed by atoms with E-state index in [-0.39, 0.29) is 0 Å². The molecule has 0 unspecified atom stereocenters. The highest BCUT2D eigenvalue weighted by Gasteiger charge is 2.21. The van der Waals surface area contributed by atoms with Crippen LogP contribution in [-0.4, -0.2) is 28.2 Å². The molecule has 0 N–H and O–H groups in total. The average molecular weight is 1270 g/mol. The second kappa shape index (κ2) is 23.2. The third-order valence-electron chi connectivity index (χ3n) is 20.4. The van der Waals surface area contributed by atoms with Gasteiger partial charge in [0.2, 0.25) is 0 Å². The van der Waals surface area contributed by atoms with Crippen molar-refractivity contribution in [1.29, 1.82) is 0 Å². The summed E-state index contributed by atoms with van der Waals surface area (Å²) in [5.74, 6) is 0.684. The summed E-state index contributed by atoms with van der Waals surface area (Å²) in [6.45, 7) is 0. The highest BCUT2D eigenvalue weighted by molar-refractivity contribution is 6.15. The molecule has 15 aromatic carbocycles. The minimum atomic E-state index is 0.684. The van der Waals surface area contributed by atoms with E-state index in [2.05, 4.69) is 364 Å². The molecule has 6 nitrogen and oxygen atoms in total. The van der Waals surface area contributed by atoms with Gasteiger partial charge >= 0.3 is 0 Å². The summed E-state index contributed by atoms with van der Waals surface area (Å²) in [5.41, 5.74) is 28.0. The van der Waals surface area contributed by atoms with Crippen LogP contribution in [0.3, 0.4) is 0 Å². The van der Waals surface area contributed by atoms with Crippen LogP contribution in [0, 0.1) is 0 Å². The summed E-state index contributed by atoms with van der Waals surface area (Å²) in [6.07, 6.45) is 0. The molecule has 0 saturated carbocycles. The van der Waals surface area contributed by atoms with E-state index in [1.807, 2.05) is 18.2 Å². The minimum Gasteiger partial charge on any atom is -0.309 e. The lowest BCUT2D eigenvalue weighted by Crippen LogP contribution is -1.96. The number of benzene rings is 15. The number of fused-ring (bicyclic) bond motifs is 12. The molecule has 6 heteroatoms. The Bertz CT molecular complexity index is 6200. The van der Waals surface area contributed by atoms with E-state index in [0.717, 1.165) is 73.1 Å². The highest BCUT2D eigenvalue weighted by atomic mass is 15.0. The van der Waals surface area contributed by atoms with Gasteiger partial charge in [0.15, 0.2) is 5.82 Å². The molecular weight excluding hydrogens is 1210 g/mol. The fourth-order valence-electron chi connectivity index (χ4n) is 15.6. The standard InChI is InChI=1S/C94H60N6/c1-4-18-67(19-5-1)94-95-84(65-36-32-61(33-37-65)63-40-48-74(49-41-63)99-86-28-14-10-24-76(86)80-52-44-70(58-92(80)99)68-46-54-90-82(56-68)78-26-12-16-30-88(78)97(90)72-20-6-2-7-21-72)60-85(96-94)66-38-34-62(35-39-66)64-42-50-75(51-43-64)100-87-29-15-11-25-77(87)81-53-45-71(59-93(81)100)69-47-55-91-83(57-69)79-27-13-17-31-89(79)98(91)73-22-8-3-9-23-73/h1-60H. The molecule has 0 amide bonds. The van der Waals surface area contributed by atoms with Crippen molar-refractivity contribution in [3.63, 3.8) is 0 Å². The lowest BCUT2D eigenvalue weighted by molar-refractivity contribution is 1.18. The first-order chi connectivity index (χ1) is 49.6. The van der Waals surface area contributed by atoms with Gasteiger partial charge in [-0.2, -0.15) is 0 Å². The van der Waals surface area contributed by atoms with E-state index >= 15 is 0 Å². The van der Waals surface area contributed by atoms with Crippen LogP contribution >= 0.6 is 0 Å². The lowest BCUT2D eigenvalue weighted by Gasteiger charge is -2.12. The van der Waals surface area contributed by atoms with Crippen molar-refractivity contribution < 1.29 is 0 Å². The maximum absolute atomic E-state index is 5.22. The van der Waals surface area contributed by atoms with Gasteiger partial charge in [-0.3, -0.25) is 0 Å². The van der Waals surface area contributed by atoms with Gasteiger partial charge in [0.25, 0.3) is 0 Å². The van der Waals surface area contributed by atoms with Gasteiger partial charge in [0.1, 0.15) is 0 Å².